The maximum absolute atomic E-state index is 12.6. The first-order chi connectivity index (χ1) is 12.1. The monoisotopic (exact) mass is 342 g/mol. The van der Waals surface area contributed by atoms with Crippen LogP contribution in [0.2, 0.25) is 0 Å². The predicted octanol–water partition coefficient (Wildman–Crippen LogP) is 1.69. The van der Waals surface area contributed by atoms with Gasteiger partial charge in [0.2, 0.25) is 5.88 Å². The third kappa shape index (κ3) is 3.71. The molecule has 0 bridgehead atoms. The van der Waals surface area contributed by atoms with Gasteiger partial charge >= 0.3 is 0 Å². The molecule has 0 saturated carbocycles. The topological polar surface area (TPSA) is 67.8 Å². The van der Waals surface area contributed by atoms with Crippen LogP contribution in [0.3, 0.4) is 0 Å². The molecule has 1 aliphatic heterocycles. The average molecular weight is 342 g/mol. The van der Waals surface area contributed by atoms with E-state index < -0.39 is 0 Å². The quantitative estimate of drug-likeness (QED) is 0.824. The van der Waals surface area contributed by atoms with Crippen LogP contribution in [-0.4, -0.2) is 68.3 Å². The van der Waals surface area contributed by atoms with Crippen LogP contribution in [0.1, 0.15) is 10.4 Å². The summed E-state index contributed by atoms with van der Waals surface area (Å²) < 4.78 is 10.8. The van der Waals surface area contributed by atoms with Gasteiger partial charge in [-0.2, -0.15) is 4.98 Å². The van der Waals surface area contributed by atoms with Crippen LogP contribution in [0.5, 0.6) is 5.88 Å². The number of nitrogens with zero attached hydrogens (tertiary/aromatic N) is 4. The van der Waals surface area contributed by atoms with Crippen LogP contribution in [0.15, 0.2) is 30.5 Å². The highest BCUT2D eigenvalue weighted by molar-refractivity contribution is 5.96. The fourth-order valence-electron chi connectivity index (χ4n) is 2.62. The normalized spacial score (nSPS) is 13.9. The van der Waals surface area contributed by atoms with Crippen molar-refractivity contribution < 1.29 is 14.3 Å². The van der Waals surface area contributed by atoms with Crippen LogP contribution >= 0.6 is 0 Å². The van der Waals surface area contributed by atoms with Crippen molar-refractivity contribution in [2.24, 2.45) is 0 Å². The van der Waals surface area contributed by atoms with Crippen molar-refractivity contribution in [3.8, 4) is 17.3 Å². The third-order valence-electron chi connectivity index (χ3n) is 4.06. The van der Waals surface area contributed by atoms with E-state index in [1.54, 1.807) is 18.2 Å². The highest BCUT2D eigenvalue weighted by Crippen LogP contribution is 2.26. The second-order valence-corrected chi connectivity index (χ2v) is 5.99. The summed E-state index contributed by atoms with van der Waals surface area (Å²) in [5, 5.41) is 0. The predicted molar refractivity (Wildman–Crippen MR) is 95.1 cm³/mol. The van der Waals surface area contributed by atoms with Crippen molar-refractivity contribution in [1.82, 2.24) is 14.9 Å². The molecule has 1 amide bonds. The van der Waals surface area contributed by atoms with Gasteiger partial charge in [0.1, 0.15) is 12.2 Å². The van der Waals surface area contributed by atoms with E-state index in [4.69, 9.17) is 9.47 Å². The molecule has 0 aliphatic carbocycles. The number of ether oxygens (including phenoxy) is 2. The Morgan fingerprint density at radius 2 is 2.20 bits per heavy atom. The molecule has 2 heterocycles. The van der Waals surface area contributed by atoms with Gasteiger partial charge in [-0.1, -0.05) is 12.1 Å². The Kier molecular flexibility index (Phi) is 5.14. The van der Waals surface area contributed by atoms with Crippen molar-refractivity contribution in [3.05, 3.63) is 36.0 Å². The lowest BCUT2D eigenvalue weighted by atomic mass is 10.1. The molecular weight excluding hydrogens is 320 g/mol. The van der Waals surface area contributed by atoms with Crippen LogP contribution < -0.4 is 9.64 Å². The molecule has 132 valence electrons. The van der Waals surface area contributed by atoms with E-state index in [9.17, 15) is 4.79 Å². The van der Waals surface area contributed by atoms with Crippen molar-refractivity contribution in [2.75, 3.05) is 52.4 Å². The van der Waals surface area contributed by atoms with E-state index in [0.717, 1.165) is 11.3 Å². The molecule has 1 aromatic carbocycles. The van der Waals surface area contributed by atoms with Crippen molar-refractivity contribution in [2.45, 2.75) is 0 Å². The van der Waals surface area contributed by atoms with Crippen molar-refractivity contribution in [3.63, 3.8) is 0 Å². The van der Waals surface area contributed by atoms with E-state index in [2.05, 4.69) is 9.97 Å². The molecule has 0 fully saturated rings. The van der Waals surface area contributed by atoms with Crippen LogP contribution in [0, 0.1) is 0 Å². The number of carbonyl (C=O) groups excluding carboxylic acids is 1. The lowest BCUT2D eigenvalue weighted by Crippen LogP contribution is -2.35. The number of carbonyl (C=O) groups is 1. The van der Waals surface area contributed by atoms with Gasteiger partial charge in [0.05, 0.1) is 13.2 Å². The van der Waals surface area contributed by atoms with Gasteiger partial charge in [0.25, 0.3) is 5.91 Å². The molecule has 1 aromatic heterocycles. The number of methoxy groups -OCH3 is 1. The zero-order valence-corrected chi connectivity index (χ0v) is 14.7. The molecule has 0 spiro atoms. The molecule has 2 aromatic rings. The minimum atomic E-state index is -0.127. The SMILES string of the molecule is COCCN1CCOc2nc(-c3cccc(N(C)C)c3)ncc2C1=O. The van der Waals surface area contributed by atoms with Gasteiger partial charge in [-0.25, -0.2) is 4.98 Å². The van der Waals surface area contributed by atoms with Gasteiger partial charge in [0.15, 0.2) is 5.82 Å². The molecule has 0 N–H and O–H groups in total. The van der Waals surface area contributed by atoms with E-state index in [1.807, 2.05) is 43.3 Å². The van der Waals surface area contributed by atoms with Crippen LogP contribution in [-0.2, 0) is 4.74 Å². The average Bonchev–Trinajstić information content (AvgIpc) is 2.78. The maximum atomic E-state index is 12.6. The Bertz CT molecular complexity index is 764. The molecule has 7 heteroatoms. The van der Waals surface area contributed by atoms with Crippen LogP contribution in [0.4, 0.5) is 5.69 Å². The molecule has 0 unspecified atom stereocenters. The third-order valence-corrected chi connectivity index (χ3v) is 4.06. The largest absolute Gasteiger partial charge is 0.475 e. The molecule has 1 aliphatic rings. The Labute approximate surface area is 147 Å². The Morgan fingerprint density at radius 3 is 2.96 bits per heavy atom. The number of hydrogen-bond donors (Lipinski definition) is 0. The molecule has 0 radical (unpaired) electrons. The molecule has 7 nitrogen and oxygen atoms in total. The Morgan fingerprint density at radius 1 is 1.36 bits per heavy atom. The number of hydrogen-bond acceptors (Lipinski definition) is 6. The summed E-state index contributed by atoms with van der Waals surface area (Å²) in [6, 6.07) is 7.92. The zero-order chi connectivity index (χ0) is 17.8. The first kappa shape index (κ1) is 17.2. The van der Waals surface area contributed by atoms with E-state index in [0.29, 0.717) is 43.6 Å². The number of rotatable bonds is 5. The highest BCUT2D eigenvalue weighted by Gasteiger charge is 2.25. The van der Waals surface area contributed by atoms with E-state index >= 15 is 0 Å². The van der Waals surface area contributed by atoms with Crippen molar-refractivity contribution in [1.29, 1.82) is 0 Å². The van der Waals surface area contributed by atoms with Gasteiger partial charge in [-0.15, -0.1) is 0 Å². The number of aromatic nitrogens is 2. The Hall–Kier alpha value is -2.67. The summed E-state index contributed by atoms with van der Waals surface area (Å²) in [7, 11) is 5.57. The van der Waals surface area contributed by atoms with Gasteiger partial charge in [-0.05, 0) is 12.1 Å². The minimum absolute atomic E-state index is 0.127. The van der Waals surface area contributed by atoms with Crippen molar-refractivity contribution >= 4 is 11.6 Å². The van der Waals surface area contributed by atoms with Crippen LogP contribution in [0.25, 0.3) is 11.4 Å². The lowest BCUT2D eigenvalue weighted by molar-refractivity contribution is 0.0693. The number of amides is 1. The fourth-order valence-corrected chi connectivity index (χ4v) is 2.62. The van der Waals surface area contributed by atoms with Gasteiger partial charge in [-0.3, -0.25) is 4.79 Å². The second-order valence-electron chi connectivity index (χ2n) is 5.99. The summed E-state index contributed by atoms with van der Waals surface area (Å²) in [4.78, 5) is 25.2. The highest BCUT2D eigenvalue weighted by atomic mass is 16.5. The summed E-state index contributed by atoms with van der Waals surface area (Å²) >= 11 is 0. The summed E-state index contributed by atoms with van der Waals surface area (Å²) in [6.07, 6.45) is 1.55. The first-order valence-electron chi connectivity index (χ1n) is 8.16. The number of anilines is 1. The first-order valence-corrected chi connectivity index (χ1v) is 8.16. The lowest BCUT2D eigenvalue weighted by Gasteiger charge is -2.18. The Balaban J connectivity index is 1.91. The van der Waals surface area contributed by atoms with E-state index in [-0.39, 0.29) is 5.91 Å². The molecule has 0 saturated heterocycles. The maximum Gasteiger partial charge on any atom is 0.261 e. The molecule has 25 heavy (non-hydrogen) atoms. The fraction of sp³-hybridized carbons (Fsp3) is 0.389. The zero-order valence-electron chi connectivity index (χ0n) is 14.7. The van der Waals surface area contributed by atoms with Gasteiger partial charge in [0, 0.05) is 45.2 Å². The van der Waals surface area contributed by atoms with Gasteiger partial charge < -0.3 is 19.3 Å². The molecule has 3 rings (SSSR count). The number of benzene rings is 1. The smallest absolute Gasteiger partial charge is 0.261 e. The number of fused-ring (bicyclic) bond motifs is 1. The summed E-state index contributed by atoms with van der Waals surface area (Å²) in [6.45, 7) is 1.91. The summed E-state index contributed by atoms with van der Waals surface area (Å²) in [5.74, 6) is 0.754. The molecule has 0 atom stereocenters. The molecular formula is C18H22N4O3. The van der Waals surface area contributed by atoms with E-state index in [1.165, 1.54) is 0 Å². The minimum Gasteiger partial charge on any atom is -0.475 e. The standard InChI is InChI=1S/C18H22N4O3/c1-21(2)14-6-4-5-13(11-14)16-19-12-15-17(20-16)25-10-8-22(18(15)23)7-9-24-3/h4-6,11-12H,7-10H2,1-3H3. The second kappa shape index (κ2) is 7.48. The summed E-state index contributed by atoms with van der Waals surface area (Å²) in [5.41, 5.74) is 2.32.